The topological polar surface area (TPSA) is 76.0 Å². The average molecular weight is 338 g/mol. The first-order valence-electron chi connectivity index (χ1n) is 7.49. The van der Waals surface area contributed by atoms with Gasteiger partial charge < -0.3 is 5.32 Å². The molecule has 3 aromatic rings. The van der Waals surface area contributed by atoms with E-state index in [9.17, 15) is 9.59 Å². The van der Waals surface area contributed by atoms with Crippen molar-refractivity contribution in [2.45, 2.75) is 16.6 Å². The Bertz CT molecular complexity index is 937. The number of carbonyl (C=O) groups excluding carboxylic acids is 2. The average Bonchev–Trinajstić information content (AvgIpc) is 2.99. The van der Waals surface area contributed by atoms with E-state index in [4.69, 9.17) is 0 Å². The number of rotatable bonds is 3. The second-order valence-electron chi connectivity index (χ2n) is 5.43. The van der Waals surface area contributed by atoms with Crippen LogP contribution in [0.3, 0.4) is 0 Å². The fraction of sp³-hybridized carbons (Fsp3) is 0.118. The van der Waals surface area contributed by atoms with Crippen molar-refractivity contribution in [3.05, 3.63) is 54.9 Å². The van der Waals surface area contributed by atoms with Crippen LogP contribution in [0.5, 0.6) is 0 Å². The Balaban J connectivity index is 1.47. The van der Waals surface area contributed by atoms with Gasteiger partial charge >= 0.3 is 0 Å². The third kappa shape index (κ3) is 2.74. The monoisotopic (exact) mass is 338 g/mol. The van der Waals surface area contributed by atoms with Crippen LogP contribution in [0.1, 0.15) is 6.42 Å². The molecule has 2 heterocycles. The number of imidazole rings is 1. The van der Waals surface area contributed by atoms with Crippen LogP contribution in [-0.4, -0.2) is 26.7 Å². The summed E-state index contributed by atoms with van der Waals surface area (Å²) in [5.41, 5.74) is 5.19. The van der Waals surface area contributed by atoms with Crippen molar-refractivity contribution in [3.63, 3.8) is 0 Å². The maximum atomic E-state index is 12.3. The second kappa shape index (κ2) is 6.01. The number of nitrogens with one attached hydrogen (secondary N) is 2. The number of carbonyl (C=O) groups is 2. The number of fused-ring (bicyclic) bond motifs is 2. The molecule has 0 saturated heterocycles. The van der Waals surface area contributed by atoms with E-state index >= 15 is 0 Å². The normalized spacial score (nSPS) is 16.5. The first-order chi connectivity index (χ1) is 11.7. The van der Waals surface area contributed by atoms with Crippen LogP contribution < -0.4 is 10.7 Å². The van der Waals surface area contributed by atoms with E-state index in [-0.39, 0.29) is 18.2 Å². The van der Waals surface area contributed by atoms with Crippen molar-refractivity contribution in [1.82, 2.24) is 9.66 Å². The highest BCUT2D eigenvalue weighted by molar-refractivity contribution is 8.01. The van der Waals surface area contributed by atoms with Gasteiger partial charge in [-0.2, -0.15) is 0 Å². The number of hydrogen-bond acceptors (Lipinski definition) is 4. The minimum atomic E-state index is -0.449. The summed E-state index contributed by atoms with van der Waals surface area (Å²) < 4.78 is 1.58. The van der Waals surface area contributed by atoms with Crippen LogP contribution >= 0.6 is 11.8 Å². The van der Waals surface area contributed by atoms with Gasteiger partial charge in [0.05, 0.1) is 22.0 Å². The van der Waals surface area contributed by atoms with Crippen LogP contribution in [0.15, 0.2) is 59.8 Å². The molecule has 1 aliphatic rings. The SMILES string of the molecule is O=C(CC1Sc2ccccc2NC1=O)Nn1cnc2ccccc21. The number of hydrogen-bond donors (Lipinski definition) is 2. The highest BCUT2D eigenvalue weighted by Crippen LogP contribution is 2.36. The van der Waals surface area contributed by atoms with Crippen molar-refractivity contribution in [3.8, 4) is 0 Å². The largest absolute Gasteiger partial charge is 0.324 e. The number of para-hydroxylation sites is 3. The minimum Gasteiger partial charge on any atom is -0.324 e. The Morgan fingerprint density at radius 1 is 1.21 bits per heavy atom. The van der Waals surface area contributed by atoms with Gasteiger partial charge in [-0.3, -0.25) is 15.0 Å². The van der Waals surface area contributed by atoms with Crippen LogP contribution in [0.4, 0.5) is 5.69 Å². The van der Waals surface area contributed by atoms with Gasteiger partial charge in [0.1, 0.15) is 6.33 Å². The fourth-order valence-corrected chi connectivity index (χ4v) is 3.73. The molecule has 0 fully saturated rings. The number of thioether (sulfide) groups is 1. The highest BCUT2D eigenvalue weighted by atomic mass is 32.2. The summed E-state index contributed by atoms with van der Waals surface area (Å²) in [5.74, 6) is -0.380. The zero-order valence-electron chi connectivity index (χ0n) is 12.6. The van der Waals surface area contributed by atoms with Crippen LogP contribution in [0.2, 0.25) is 0 Å². The van der Waals surface area contributed by atoms with Gasteiger partial charge in [0.25, 0.3) is 0 Å². The van der Waals surface area contributed by atoms with Gasteiger partial charge in [-0.25, -0.2) is 9.66 Å². The molecule has 6 nitrogen and oxygen atoms in total. The molecule has 0 saturated carbocycles. The van der Waals surface area contributed by atoms with E-state index in [1.807, 2.05) is 48.5 Å². The van der Waals surface area contributed by atoms with Crippen LogP contribution in [0.25, 0.3) is 11.0 Å². The third-order valence-electron chi connectivity index (χ3n) is 3.78. The minimum absolute atomic E-state index is 0.0946. The first-order valence-corrected chi connectivity index (χ1v) is 8.37. The standard InChI is InChI=1S/C17H14N4O2S/c22-16(20-21-10-18-11-5-1-3-7-13(11)21)9-15-17(23)19-12-6-2-4-8-14(12)24-15/h1-8,10,15H,9H2,(H,19,23)(H,20,22). The molecule has 0 spiro atoms. The summed E-state index contributed by atoms with van der Waals surface area (Å²) >= 11 is 1.41. The fourth-order valence-electron chi connectivity index (χ4n) is 2.62. The van der Waals surface area contributed by atoms with E-state index in [0.717, 1.165) is 21.6 Å². The predicted octanol–water partition coefficient (Wildman–Crippen LogP) is 2.61. The summed E-state index contributed by atoms with van der Waals surface area (Å²) in [6.45, 7) is 0. The maximum absolute atomic E-state index is 12.3. The molecule has 7 heteroatoms. The van der Waals surface area contributed by atoms with E-state index in [0.29, 0.717) is 0 Å². The lowest BCUT2D eigenvalue weighted by molar-refractivity contribution is -0.121. The Hall–Kier alpha value is -2.80. The number of aromatic nitrogens is 2. The molecule has 2 amide bonds. The van der Waals surface area contributed by atoms with Crippen molar-refractivity contribution in [2.75, 3.05) is 10.7 Å². The van der Waals surface area contributed by atoms with E-state index in [1.54, 1.807) is 11.0 Å². The molecular formula is C17H14N4O2S. The number of anilines is 1. The van der Waals surface area contributed by atoms with Crippen molar-refractivity contribution >= 4 is 40.3 Å². The second-order valence-corrected chi connectivity index (χ2v) is 6.68. The van der Waals surface area contributed by atoms with Gasteiger partial charge in [0, 0.05) is 11.3 Å². The van der Waals surface area contributed by atoms with E-state index < -0.39 is 5.25 Å². The molecule has 4 rings (SSSR count). The molecule has 2 aromatic carbocycles. The molecule has 1 atom stereocenters. The van der Waals surface area contributed by atoms with Crippen LogP contribution in [-0.2, 0) is 9.59 Å². The zero-order valence-corrected chi connectivity index (χ0v) is 13.4. The predicted molar refractivity (Wildman–Crippen MR) is 93.4 cm³/mol. The zero-order chi connectivity index (χ0) is 16.5. The lowest BCUT2D eigenvalue weighted by atomic mass is 10.2. The van der Waals surface area contributed by atoms with Gasteiger partial charge in [0.2, 0.25) is 11.8 Å². The van der Waals surface area contributed by atoms with Gasteiger partial charge in [-0.1, -0.05) is 24.3 Å². The molecule has 24 heavy (non-hydrogen) atoms. The molecule has 0 radical (unpaired) electrons. The van der Waals surface area contributed by atoms with Gasteiger partial charge in [0.15, 0.2) is 0 Å². The molecule has 2 N–H and O–H groups in total. The van der Waals surface area contributed by atoms with Crippen molar-refractivity contribution < 1.29 is 9.59 Å². The third-order valence-corrected chi connectivity index (χ3v) is 5.05. The summed E-state index contributed by atoms with van der Waals surface area (Å²) in [7, 11) is 0. The molecule has 1 aromatic heterocycles. The Kier molecular flexibility index (Phi) is 3.70. The number of amides is 2. The molecule has 120 valence electrons. The Morgan fingerprint density at radius 2 is 2.00 bits per heavy atom. The molecule has 0 aliphatic carbocycles. The Morgan fingerprint density at radius 3 is 2.92 bits per heavy atom. The Labute approximate surface area is 142 Å². The molecule has 0 bridgehead atoms. The van der Waals surface area contributed by atoms with Crippen molar-refractivity contribution in [2.24, 2.45) is 0 Å². The van der Waals surface area contributed by atoms with Gasteiger partial charge in [-0.15, -0.1) is 11.8 Å². The number of nitrogens with zero attached hydrogens (tertiary/aromatic N) is 2. The number of benzene rings is 2. The lowest BCUT2D eigenvalue weighted by Crippen LogP contribution is -2.34. The molecule has 1 aliphatic heterocycles. The molecule has 1 unspecified atom stereocenters. The van der Waals surface area contributed by atoms with E-state index in [2.05, 4.69) is 15.7 Å². The van der Waals surface area contributed by atoms with Crippen LogP contribution in [0, 0.1) is 0 Å². The quantitative estimate of drug-likeness (QED) is 0.770. The van der Waals surface area contributed by atoms with E-state index in [1.165, 1.54) is 11.8 Å². The smallest absolute Gasteiger partial charge is 0.240 e. The summed E-state index contributed by atoms with van der Waals surface area (Å²) in [6.07, 6.45) is 1.66. The van der Waals surface area contributed by atoms with Gasteiger partial charge in [-0.05, 0) is 24.3 Å². The summed E-state index contributed by atoms with van der Waals surface area (Å²) in [6, 6.07) is 15.1. The first kappa shape index (κ1) is 14.8. The maximum Gasteiger partial charge on any atom is 0.240 e. The summed E-state index contributed by atoms with van der Waals surface area (Å²) in [4.78, 5) is 29.7. The lowest BCUT2D eigenvalue weighted by Gasteiger charge is -2.23. The van der Waals surface area contributed by atoms with Crippen molar-refractivity contribution in [1.29, 1.82) is 0 Å². The highest BCUT2D eigenvalue weighted by Gasteiger charge is 2.28. The molecular weight excluding hydrogens is 324 g/mol. The summed E-state index contributed by atoms with van der Waals surface area (Å²) in [5, 5.41) is 2.40.